The molecule has 0 aromatic heterocycles. The molecule has 68 valence electrons. The van der Waals surface area contributed by atoms with Gasteiger partial charge in [-0.3, -0.25) is 4.90 Å². The van der Waals surface area contributed by atoms with Crippen LogP contribution in [0.15, 0.2) is 5.16 Å². The van der Waals surface area contributed by atoms with Gasteiger partial charge < -0.3 is 10.9 Å². The molecule has 12 heavy (non-hydrogen) atoms. The quantitative estimate of drug-likeness (QED) is 0.269. The van der Waals surface area contributed by atoms with Crippen LogP contribution in [0.3, 0.4) is 0 Å². The summed E-state index contributed by atoms with van der Waals surface area (Å²) in [4.78, 5) is 2.32. The maximum Gasteiger partial charge on any atom is 0.153 e. The molecule has 3 N–H and O–H groups in total. The second-order valence-corrected chi connectivity index (χ2v) is 3.85. The topological polar surface area (TPSA) is 61.8 Å². The normalized spacial score (nSPS) is 36.2. The van der Waals surface area contributed by atoms with Gasteiger partial charge in [0.05, 0.1) is 6.54 Å². The molecule has 2 bridgehead atoms. The van der Waals surface area contributed by atoms with Crippen LogP contribution in [-0.4, -0.2) is 35.1 Å². The van der Waals surface area contributed by atoms with Crippen molar-refractivity contribution in [2.24, 2.45) is 16.8 Å². The molecule has 0 spiro atoms. The lowest BCUT2D eigenvalue weighted by Crippen LogP contribution is -2.39. The van der Waals surface area contributed by atoms with Gasteiger partial charge in [-0.1, -0.05) is 5.16 Å². The zero-order chi connectivity index (χ0) is 8.55. The first-order chi connectivity index (χ1) is 5.79. The maximum atomic E-state index is 8.40. The van der Waals surface area contributed by atoms with Crippen LogP contribution in [0.25, 0.3) is 0 Å². The summed E-state index contributed by atoms with van der Waals surface area (Å²) in [5.74, 6) is 1.21. The van der Waals surface area contributed by atoms with E-state index in [0.717, 1.165) is 12.5 Å². The number of piperidine rings is 1. The van der Waals surface area contributed by atoms with Gasteiger partial charge in [0, 0.05) is 12.6 Å². The summed E-state index contributed by atoms with van der Waals surface area (Å²) < 4.78 is 0. The van der Waals surface area contributed by atoms with E-state index in [1.165, 1.54) is 19.3 Å². The van der Waals surface area contributed by atoms with Crippen LogP contribution < -0.4 is 5.73 Å². The number of nitrogens with zero attached hydrogens (tertiary/aromatic N) is 2. The Morgan fingerprint density at radius 2 is 2.42 bits per heavy atom. The van der Waals surface area contributed by atoms with Crippen molar-refractivity contribution in [3.05, 3.63) is 0 Å². The van der Waals surface area contributed by atoms with E-state index in [0.29, 0.717) is 18.4 Å². The molecule has 0 aromatic carbocycles. The summed E-state index contributed by atoms with van der Waals surface area (Å²) in [6.07, 6.45) is 3.99. The molecule has 0 aromatic rings. The Kier molecular flexibility index (Phi) is 1.92. The molecule has 2 aliphatic rings. The summed E-state index contributed by atoms with van der Waals surface area (Å²) >= 11 is 0. The maximum absolute atomic E-state index is 8.40. The van der Waals surface area contributed by atoms with Crippen molar-refractivity contribution in [1.82, 2.24) is 4.90 Å². The molecule has 2 atom stereocenters. The highest BCUT2D eigenvalue weighted by Gasteiger charge is 2.37. The highest BCUT2D eigenvalue weighted by molar-refractivity contribution is 5.81. The number of hydrogen-bond acceptors (Lipinski definition) is 3. The van der Waals surface area contributed by atoms with Gasteiger partial charge in [-0.25, -0.2) is 0 Å². The van der Waals surface area contributed by atoms with Crippen molar-refractivity contribution >= 4 is 5.84 Å². The van der Waals surface area contributed by atoms with Crippen molar-refractivity contribution < 1.29 is 5.21 Å². The minimum absolute atomic E-state index is 0.336. The Balaban J connectivity index is 1.91. The summed E-state index contributed by atoms with van der Waals surface area (Å²) in [5, 5.41) is 11.4. The van der Waals surface area contributed by atoms with Crippen molar-refractivity contribution in [2.75, 3.05) is 13.1 Å². The number of hydrogen-bond donors (Lipinski definition) is 2. The standard InChI is InChI=1S/C8H15N3O/c9-8(10-12)5-11-4-6-1-2-7(11)3-6/h6-7,12H,1-5H2,(H2,9,10). The molecular formula is C8H15N3O. The van der Waals surface area contributed by atoms with E-state index < -0.39 is 0 Å². The molecular weight excluding hydrogens is 154 g/mol. The highest BCUT2D eigenvalue weighted by atomic mass is 16.4. The summed E-state index contributed by atoms with van der Waals surface area (Å²) in [7, 11) is 0. The Morgan fingerprint density at radius 1 is 1.58 bits per heavy atom. The predicted molar refractivity (Wildman–Crippen MR) is 46.1 cm³/mol. The van der Waals surface area contributed by atoms with Crippen molar-refractivity contribution in [3.8, 4) is 0 Å². The molecule has 0 radical (unpaired) electrons. The van der Waals surface area contributed by atoms with Gasteiger partial charge in [0.2, 0.25) is 0 Å². The number of fused-ring (bicyclic) bond motifs is 2. The van der Waals surface area contributed by atoms with E-state index in [4.69, 9.17) is 10.9 Å². The van der Waals surface area contributed by atoms with E-state index in [-0.39, 0.29) is 0 Å². The lowest BCUT2D eigenvalue weighted by Gasteiger charge is -2.25. The lowest BCUT2D eigenvalue weighted by molar-refractivity contribution is 0.237. The second kappa shape index (κ2) is 2.94. The summed E-state index contributed by atoms with van der Waals surface area (Å²) in [6, 6.07) is 0.704. The van der Waals surface area contributed by atoms with E-state index in [9.17, 15) is 0 Å². The van der Waals surface area contributed by atoms with E-state index in [1.807, 2.05) is 0 Å². The fraction of sp³-hybridized carbons (Fsp3) is 0.875. The first-order valence-corrected chi connectivity index (χ1v) is 4.50. The van der Waals surface area contributed by atoms with Crippen molar-refractivity contribution in [2.45, 2.75) is 25.3 Å². The molecule has 1 saturated carbocycles. The molecule has 1 heterocycles. The van der Waals surface area contributed by atoms with Crippen LogP contribution in [0.1, 0.15) is 19.3 Å². The minimum atomic E-state index is 0.336. The second-order valence-electron chi connectivity index (χ2n) is 3.85. The van der Waals surface area contributed by atoms with Gasteiger partial charge in [-0.15, -0.1) is 0 Å². The van der Waals surface area contributed by atoms with Gasteiger partial charge >= 0.3 is 0 Å². The zero-order valence-corrected chi connectivity index (χ0v) is 7.11. The molecule has 2 rings (SSSR count). The fourth-order valence-corrected chi connectivity index (χ4v) is 2.46. The van der Waals surface area contributed by atoms with Gasteiger partial charge in [0.15, 0.2) is 5.84 Å². The van der Waals surface area contributed by atoms with E-state index >= 15 is 0 Å². The average Bonchev–Trinajstić information content (AvgIpc) is 2.64. The van der Waals surface area contributed by atoms with Crippen LogP contribution in [0.2, 0.25) is 0 Å². The molecule has 2 fully saturated rings. The molecule has 1 aliphatic heterocycles. The monoisotopic (exact) mass is 169 g/mol. The molecule has 2 unspecified atom stereocenters. The number of oxime groups is 1. The minimum Gasteiger partial charge on any atom is -0.409 e. The van der Waals surface area contributed by atoms with Crippen molar-refractivity contribution in [1.29, 1.82) is 0 Å². The summed E-state index contributed by atoms with van der Waals surface area (Å²) in [6.45, 7) is 1.78. The van der Waals surface area contributed by atoms with Crippen LogP contribution in [0, 0.1) is 5.92 Å². The SMILES string of the molecule is NC(CN1CC2CCC1C2)=NO. The zero-order valence-electron chi connectivity index (χ0n) is 7.11. The number of nitrogens with two attached hydrogens (primary N) is 1. The van der Waals surface area contributed by atoms with Gasteiger partial charge in [-0.2, -0.15) is 0 Å². The molecule has 1 saturated heterocycles. The van der Waals surface area contributed by atoms with Crippen LogP contribution in [-0.2, 0) is 0 Å². The van der Waals surface area contributed by atoms with Crippen LogP contribution in [0.5, 0.6) is 0 Å². The largest absolute Gasteiger partial charge is 0.409 e. The van der Waals surface area contributed by atoms with Crippen molar-refractivity contribution in [3.63, 3.8) is 0 Å². The van der Waals surface area contributed by atoms with E-state index in [1.54, 1.807) is 0 Å². The Bertz CT molecular complexity index is 204. The highest BCUT2D eigenvalue weighted by Crippen LogP contribution is 2.36. The number of rotatable bonds is 2. The number of likely N-dealkylation sites (tertiary alicyclic amines) is 1. The first-order valence-electron chi connectivity index (χ1n) is 4.50. The van der Waals surface area contributed by atoms with E-state index in [2.05, 4.69) is 10.1 Å². The molecule has 4 nitrogen and oxygen atoms in total. The number of amidine groups is 1. The van der Waals surface area contributed by atoms with Crippen LogP contribution >= 0.6 is 0 Å². The third-order valence-corrected chi connectivity index (χ3v) is 3.02. The first kappa shape index (κ1) is 7.86. The third kappa shape index (κ3) is 1.27. The molecule has 0 amide bonds. The molecule has 1 aliphatic carbocycles. The lowest BCUT2D eigenvalue weighted by atomic mass is 10.1. The Morgan fingerprint density at radius 3 is 2.92 bits per heavy atom. The summed E-state index contributed by atoms with van der Waals surface area (Å²) in [5.41, 5.74) is 5.44. The fourth-order valence-electron chi connectivity index (χ4n) is 2.46. The molecule has 4 heteroatoms. The van der Waals surface area contributed by atoms with Gasteiger partial charge in [-0.05, 0) is 25.2 Å². The average molecular weight is 169 g/mol. The Labute approximate surface area is 72.0 Å². The van der Waals surface area contributed by atoms with Gasteiger partial charge in [0.25, 0.3) is 0 Å². The van der Waals surface area contributed by atoms with Crippen LogP contribution in [0.4, 0.5) is 0 Å². The third-order valence-electron chi connectivity index (χ3n) is 3.02. The smallest absolute Gasteiger partial charge is 0.153 e. The predicted octanol–water partition coefficient (Wildman–Crippen LogP) is 0.217. The van der Waals surface area contributed by atoms with Gasteiger partial charge in [0.1, 0.15) is 0 Å². The Hall–Kier alpha value is -0.770.